The van der Waals surface area contributed by atoms with E-state index in [9.17, 15) is 13.2 Å². The van der Waals surface area contributed by atoms with Gasteiger partial charge in [0.1, 0.15) is 10.6 Å². The number of hydrogen-bond donors (Lipinski definition) is 1. The van der Waals surface area contributed by atoms with Gasteiger partial charge in [-0.3, -0.25) is 4.79 Å². The van der Waals surface area contributed by atoms with Gasteiger partial charge in [-0.05, 0) is 26.7 Å². The minimum atomic E-state index is -3.64. The Morgan fingerprint density at radius 3 is 2.68 bits per heavy atom. The smallest absolute Gasteiger partial charge is 0.248 e. The summed E-state index contributed by atoms with van der Waals surface area (Å²) in [5, 5.41) is 8.47. The summed E-state index contributed by atoms with van der Waals surface area (Å²) in [6.45, 7) is 4.22. The van der Waals surface area contributed by atoms with Crippen LogP contribution in [0.15, 0.2) is 20.3 Å². The topological polar surface area (TPSA) is 105 Å². The maximum atomic E-state index is 12.8. The maximum absolute atomic E-state index is 12.8. The number of carbonyl (C=O) groups excluding carboxylic acids is 1. The van der Waals surface area contributed by atoms with Gasteiger partial charge in [0, 0.05) is 24.4 Å². The SMILES string of the molecule is Cc1noc(C)c1S(=O)(=O)N1CCC(C(=O)NCc2cscn2)CC1. The lowest BCUT2D eigenvalue weighted by Gasteiger charge is -2.30. The second-order valence-corrected chi connectivity index (χ2v) is 8.62. The van der Waals surface area contributed by atoms with E-state index >= 15 is 0 Å². The summed E-state index contributed by atoms with van der Waals surface area (Å²) in [6, 6.07) is 0. The summed E-state index contributed by atoms with van der Waals surface area (Å²) in [7, 11) is -3.64. The van der Waals surface area contributed by atoms with Crippen molar-refractivity contribution in [3.63, 3.8) is 0 Å². The molecule has 25 heavy (non-hydrogen) atoms. The van der Waals surface area contributed by atoms with Crippen molar-refractivity contribution in [3.8, 4) is 0 Å². The van der Waals surface area contributed by atoms with Crippen molar-refractivity contribution in [2.45, 2.75) is 38.1 Å². The largest absolute Gasteiger partial charge is 0.360 e. The highest BCUT2D eigenvalue weighted by Gasteiger charge is 2.35. The van der Waals surface area contributed by atoms with Crippen LogP contribution in [0.4, 0.5) is 0 Å². The minimum absolute atomic E-state index is 0.0533. The van der Waals surface area contributed by atoms with Crippen LogP contribution in [0.3, 0.4) is 0 Å². The molecular weight excluding hydrogens is 364 g/mol. The molecule has 0 spiro atoms. The molecule has 0 saturated carbocycles. The van der Waals surface area contributed by atoms with E-state index < -0.39 is 10.0 Å². The molecule has 1 aliphatic rings. The number of piperidine rings is 1. The third kappa shape index (κ3) is 3.75. The van der Waals surface area contributed by atoms with Crippen molar-refractivity contribution in [1.29, 1.82) is 0 Å². The van der Waals surface area contributed by atoms with Gasteiger partial charge >= 0.3 is 0 Å². The van der Waals surface area contributed by atoms with Gasteiger partial charge in [-0.1, -0.05) is 5.16 Å². The highest BCUT2D eigenvalue weighted by molar-refractivity contribution is 7.89. The highest BCUT2D eigenvalue weighted by Crippen LogP contribution is 2.27. The predicted octanol–water partition coefficient (Wildman–Crippen LogP) is 1.47. The van der Waals surface area contributed by atoms with E-state index in [1.807, 2.05) is 5.38 Å². The first-order chi connectivity index (χ1) is 11.9. The summed E-state index contributed by atoms with van der Waals surface area (Å²) in [5.41, 5.74) is 2.91. The number of hydrogen-bond acceptors (Lipinski definition) is 7. The van der Waals surface area contributed by atoms with Gasteiger partial charge in [0.2, 0.25) is 15.9 Å². The monoisotopic (exact) mass is 384 g/mol. The molecule has 3 rings (SSSR count). The van der Waals surface area contributed by atoms with E-state index in [0.29, 0.717) is 43.9 Å². The fourth-order valence-electron chi connectivity index (χ4n) is 2.98. The van der Waals surface area contributed by atoms with Gasteiger partial charge in [0.05, 0.1) is 17.7 Å². The molecule has 0 aromatic carbocycles. The first-order valence-corrected chi connectivity index (χ1v) is 10.4. The Balaban J connectivity index is 1.59. The molecule has 136 valence electrons. The van der Waals surface area contributed by atoms with Crippen molar-refractivity contribution < 1.29 is 17.7 Å². The van der Waals surface area contributed by atoms with Crippen LogP contribution in [0.25, 0.3) is 0 Å². The first kappa shape index (κ1) is 18.0. The van der Waals surface area contributed by atoms with Crippen LogP contribution in [0.5, 0.6) is 0 Å². The number of nitrogens with one attached hydrogen (secondary N) is 1. The van der Waals surface area contributed by atoms with Crippen molar-refractivity contribution in [1.82, 2.24) is 19.8 Å². The van der Waals surface area contributed by atoms with Crippen molar-refractivity contribution >= 4 is 27.3 Å². The Morgan fingerprint density at radius 2 is 2.12 bits per heavy atom. The molecule has 0 radical (unpaired) electrons. The number of rotatable bonds is 5. The van der Waals surface area contributed by atoms with Gasteiger partial charge in [-0.15, -0.1) is 11.3 Å². The van der Waals surface area contributed by atoms with E-state index in [4.69, 9.17) is 4.52 Å². The van der Waals surface area contributed by atoms with E-state index in [2.05, 4.69) is 15.5 Å². The number of nitrogens with zero attached hydrogens (tertiary/aromatic N) is 3. The zero-order valence-electron chi connectivity index (χ0n) is 14.1. The Kier molecular flexibility index (Phi) is 5.21. The summed E-state index contributed by atoms with van der Waals surface area (Å²) in [5.74, 6) is 0.0535. The Morgan fingerprint density at radius 1 is 1.40 bits per heavy atom. The highest BCUT2D eigenvalue weighted by atomic mass is 32.2. The van der Waals surface area contributed by atoms with Crippen LogP contribution in [-0.4, -0.2) is 41.9 Å². The minimum Gasteiger partial charge on any atom is -0.360 e. The Bertz CT molecular complexity index is 818. The number of aryl methyl sites for hydroxylation is 2. The molecule has 1 N–H and O–H groups in total. The number of amides is 1. The predicted molar refractivity (Wildman–Crippen MR) is 91.4 cm³/mol. The van der Waals surface area contributed by atoms with Crippen LogP contribution in [0.1, 0.15) is 30.0 Å². The molecule has 3 heterocycles. The third-order valence-corrected chi connectivity index (χ3v) is 7.10. The molecule has 10 heteroatoms. The average molecular weight is 384 g/mol. The third-order valence-electron chi connectivity index (χ3n) is 4.32. The molecule has 2 aromatic heterocycles. The fourth-order valence-corrected chi connectivity index (χ4v) is 5.30. The van der Waals surface area contributed by atoms with E-state index in [1.165, 1.54) is 15.6 Å². The van der Waals surface area contributed by atoms with Crippen molar-refractivity contribution in [2.24, 2.45) is 5.92 Å². The first-order valence-electron chi connectivity index (χ1n) is 7.97. The summed E-state index contributed by atoms with van der Waals surface area (Å²) < 4.78 is 31.9. The average Bonchev–Trinajstić information content (AvgIpc) is 3.22. The van der Waals surface area contributed by atoms with E-state index in [-0.39, 0.29) is 16.7 Å². The van der Waals surface area contributed by atoms with Crippen LogP contribution in [0.2, 0.25) is 0 Å². The van der Waals surface area contributed by atoms with Crippen LogP contribution in [-0.2, 0) is 21.4 Å². The number of sulfonamides is 1. The molecule has 0 aliphatic carbocycles. The Labute approximate surface area is 150 Å². The second kappa shape index (κ2) is 7.22. The Hall–Kier alpha value is -1.78. The standard InChI is InChI=1S/C15H20N4O4S2/c1-10-14(11(2)23-18-10)25(21,22)19-5-3-12(4-6-19)15(20)16-7-13-8-24-9-17-13/h8-9,12H,3-7H2,1-2H3,(H,16,20). The summed E-state index contributed by atoms with van der Waals surface area (Å²) in [6.07, 6.45) is 0.983. The lowest BCUT2D eigenvalue weighted by atomic mass is 9.97. The molecule has 8 nitrogen and oxygen atoms in total. The molecule has 0 bridgehead atoms. The lowest BCUT2D eigenvalue weighted by molar-refractivity contribution is -0.126. The van der Waals surface area contributed by atoms with Gasteiger partial charge in [0.25, 0.3) is 0 Å². The van der Waals surface area contributed by atoms with E-state index in [1.54, 1.807) is 19.4 Å². The maximum Gasteiger partial charge on any atom is 0.248 e. The van der Waals surface area contributed by atoms with Crippen LogP contribution >= 0.6 is 11.3 Å². The number of aromatic nitrogens is 2. The van der Waals surface area contributed by atoms with Gasteiger partial charge < -0.3 is 9.84 Å². The van der Waals surface area contributed by atoms with Gasteiger partial charge in [0.15, 0.2) is 5.76 Å². The second-order valence-electron chi connectivity index (χ2n) is 6.03. The zero-order valence-corrected chi connectivity index (χ0v) is 15.7. The van der Waals surface area contributed by atoms with Crippen molar-refractivity contribution in [2.75, 3.05) is 13.1 Å². The van der Waals surface area contributed by atoms with Crippen LogP contribution in [0, 0.1) is 19.8 Å². The molecule has 0 unspecified atom stereocenters. The normalized spacial score (nSPS) is 16.9. The molecule has 1 amide bonds. The molecular formula is C15H20N4O4S2. The van der Waals surface area contributed by atoms with Crippen LogP contribution < -0.4 is 5.32 Å². The van der Waals surface area contributed by atoms with Crippen molar-refractivity contribution in [3.05, 3.63) is 28.0 Å². The van der Waals surface area contributed by atoms with Gasteiger partial charge in [-0.2, -0.15) is 4.31 Å². The molecule has 0 atom stereocenters. The van der Waals surface area contributed by atoms with E-state index in [0.717, 1.165) is 5.69 Å². The molecule has 1 saturated heterocycles. The fraction of sp³-hybridized carbons (Fsp3) is 0.533. The zero-order chi connectivity index (χ0) is 18.0. The molecule has 1 aliphatic heterocycles. The van der Waals surface area contributed by atoms with Gasteiger partial charge in [-0.25, -0.2) is 13.4 Å². The quantitative estimate of drug-likeness (QED) is 0.837. The number of carbonyl (C=O) groups is 1. The number of thiazole rings is 1. The summed E-state index contributed by atoms with van der Waals surface area (Å²) in [4.78, 5) is 16.5. The molecule has 1 fully saturated rings. The lowest BCUT2D eigenvalue weighted by Crippen LogP contribution is -2.43. The molecule has 2 aromatic rings. The summed E-state index contributed by atoms with van der Waals surface area (Å²) >= 11 is 1.48.